The first-order valence-electron chi connectivity index (χ1n) is 6.07. The quantitative estimate of drug-likeness (QED) is 0.462. The Hall–Kier alpha value is -2.48. The van der Waals surface area contributed by atoms with Crippen LogP contribution in [0.5, 0.6) is 0 Å². The Bertz CT molecular complexity index is 612. The average molecular weight is 250 g/mol. The molecule has 0 bridgehead atoms. The highest BCUT2D eigenvalue weighted by atomic mass is 16.2. The van der Waals surface area contributed by atoms with E-state index in [0.717, 1.165) is 5.56 Å². The van der Waals surface area contributed by atoms with Gasteiger partial charge in [-0.1, -0.05) is 60.7 Å². The third kappa shape index (κ3) is 2.86. The van der Waals surface area contributed by atoms with Crippen molar-refractivity contribution >= 4 is 11.6 Å². The van der Waals surface area contributed by atoms with E-state index in [0.29, 0.717) is 17.5 Å². The number of rotatable bonds is 5. The summed E-state index contributed by atoms with van der Waals surface area (Å²) in [6.07, 6.45) is 2.29. The largest absolute Gasteiger partial charge is 0.285 e. The van der Waals surface area contributed by atoms with Gasteiger partial charge in [0.2, 0.25) is 11.6 Å². The number of carbonyl (C=O) groups is 2. The maximum absolute atomic E-state index is 12.3. The van der Waals surface area contributed by atoms with Crippen LogP contribution in [0.1, 0.15) is 26.3 Å². The lowest BCUT2D eigenvalue weighted by Crippen LogP contribution is -2.16. The Morgan fingerprint density at radius 1 is 0.895 bits per heavy atom. The van der Waals surface area contributed by atoms with E-state index in [2.05, 4.69) is 6.58 Å². The van der Waals surface area contributed by atoms with Crippen molar-refractivity contribution in [3.63, 3.8) is 0 Å². The van der Waals surface area contributed by atoms with E-state index in [9.17, 15) is 9.59 Å². The van der Waals surface area contributed by atoms with Crippen LogP contribution in [0.25, 0.3) is 0 Å². The van der Waals surface area contributed by atoms with Crippen molar-refractivity contribution in [1.82, 2.24) is 0 Å². The summed E-state index contributed by atoms with van der Waals surface area (Å²) in [5.74, 6) is -0.944. The van der Waals surface area contributed by atoms with Crippen molar-refractivity contribution in [2.24, 2.45) is 0 Å². The van der Waals surface area contributed by atoms with Crippen molar-refractivity contribution < 1.29 is 9.59 Å². The van der Waals surface area contributed by atoms with Gasteiger partial charge >= 0.3 is 0 Å². The molecule has 19 heavy (non-hydrogen) atoms. The molecule has 0 aromatic heterocycles. The first-order chi connectivity index (χ1) is 9.24. The van der Waals surface area contributed by atoms with E-state index in [4.69, 9.17) is 0 Å². The van der Waals surface area contributed by atoms with Gasteiger partial charge in [0.25, 0.3) is 0 Å². The van der Waals surface area contributed by atoms with Gasteiger partial charge in [0.05, 0.1) is 0 Å². The van der Waals surface area contributed by atoms with Crippen LogP contribution in [0, 0.1) is 0 Å². The molecule has 0 fully saturated rings. The molecular formula is C17H14O2. The molecule has 2 rings (SSSR count). The van der Waals surface area contributed by atoms with Gasteiger partial charge in [-0.15, -0.1) is 6.58 Å². The number of ketones is 2. The third-order valence-corrected chi connectivity index (χ3v) is 2.87. The van der Waals surface area contributed by atoms with Crippen LogP contribution in [-0.2, 0) is 6.42 Å². The molecule has 94 valence electrons. The Balaban J connectivity index is 2.35. The normalized spacial score (nSPS) is 9.89. The minimum atomic E-state index is -0.475. The van der Waals surface area contributed by atoms with Gasteiger partial charge in [0.1, 0.15) is 0 Å². The van der Waals surface area contributed by atoms with Gasteiger partial charge in [-0.05, 0) is 12.0 Å². The smallest absolute Gasteiger partial charge is 0.233 e. The highest BCUT2D eigenvalue weighted by Gasteiger charge is 2.19. The van der Waals surface area contributed by atoms with Gasteiger partial charge in [-0.25, -0.2) is 0 Å². The van der Waals surface area contributed by atoms with Crippen molar-refractivity contribution in [2.75, 3.05) is 0 Å². The fourth-order valence-corrected chi connectivity index (χ4v) is 1.92. The molecule has 0 amide bonds. The molecular weight excluding hydrogens is 236 g/mol. The molecule has 0 unspecified atom stereocenters. The first-order valence-corrected chi connectivity index (χ1v) is 6.07. The molecule has 0 saturated carbocycles. The Kier molecular flexibility index (Phi) is 4.04. The molecule has 0 radical (unpaired) electrons. The molecule has 2 aromatic carbocycles. The zero-order valence-corrected chi connectivity index (χ0v) is 10.5. The molecule has 0 N–H and O–H groups in total. The number of benzene rings is 2. The fraction of sp³-hybridized carbons (Fsp3) is 0.0588. The summed E-state index contributed by atoms with van der Waals surface area (Å²) in [6.45, 7) is 3.66. The van der Waals surface area contributed by atoms with E-state index < -0.39 is 11.6 Å². The number of hydrogen-bond donors (Lipinski definition) is 0. The van der Waals surface area contributed by atoms with Crippen LogP contribution < -0.4 is 0 Å². The summed E-state index contributed by atoms with van der Waals surface area (Å²) in [5.41, 5.74) is 1.70. The lowest BCUT2D eigenvalue weighted by molar-refractivity contribution is 0.0816. The Morgan fingerprint density at radius 3 is 2.21 bits per heavy atom. The summed E-state index contributed by atoms with van der Waals surface area (Å²) in [4.78, 5) is 24.4. The van der Waals surface area contributed by atoms with Crippen molar-refractivity contribution in [3.8, 4) is 0 Å². The minimum absolute atomic E-state index is 0.418. The van der Waals surface area contributed by atoms with Gasteiger partial charge in [0, 0.05) is 11.1 Å². The molecule has 0 heterocycles. The second-order valence-electron chi connectivity index (χ2n) is 4.17. The molecule has 2 heteroatoms. The molecule has 0 atom stereocenters. The number of Topliss-reactive ketones (excluding diaryl/α,β-unsaturated/α-hetero) is 2. The molecule has 0 aliphatic heterocycles. The first kappa shape index (κ1) is 13.0. The van der Waals surface area contributed by atoms with E-state index in [1.165, 1.54) is 0 Å². The number of allylic oxidation sites excluding steroid dienone is 1. The summed E-state index contributed by atoms with van der Waals surface area (Å²) >= 11 is 0. The zero-order valence-electron chi connectivity index (χ0n) is 10.5. The topological polar surface area (TPSA) is 34.1 Å². The van der Waals surface area contributed by atoms with Crippen LogP contribution in [-0.4, -0.2) is 11.6 Å². The van der Waals surface area contributed by atoms with Gasteiger partial charge < -0.3 is 0 Å². The molecule has 2 aromatic rings. The van der Waals surface area contributed by atoms with E-state index in [1.54, 1.807) is 42.5 Å². The monoisotopic (exact) mass is 250 g/mol. The predicted molar refractivity (Wildman–Crippen MR) is 75.4 cm³/mol. The second kappa shape index (κ2) is 5.91. The Morgan fingerprint density at radius 2 is 1.53 bits per heavy atom. The number of hydrogen-bond acceptors (Lipinski definition) is 2. The second-order valence-corrected chi connectivity index (χ2v) is 4.17. The SMILES string of the molecule is C=CCc1ccccc1C(=O)C(=O)c1ccccc1. The highest BCUT2D eigenvalue weighted by Crippen LogP contribution is 2.14. The molecule has 0 aliphatic carbocycles. The molecule has 0 spiro atoms. The third-order valence-electron chi connectivity index (χ3n) is 2.87. The maximum atomic E-state index is 12.3. The minimum Gasteiger partial charge on any atom is -0.285 e. The Labute approximate surface area is 112 Å². The van der Waals surface area contributed by atoms with Crippen LogP contribution in [0.3, 0.4) is 0 Å². The van der Waals surface area contributed by atoms with E-state index >= 15 is 0 Å². The van der Waals surface area contributed by atoms with Crippen molar-refractivity contribution in [3.05, 3.63) is 83.9 Å². The molecule has 0 saturated heterocycles. The summed E-state index contributed by atoms with van der Waals surface area (Å²) in [5, 5.41) is 0. The molecule has 0 aliphatic rings. The van der Waals surface area contributed by atoms with Crippen LogP contribution in [0.2, 0.25) is 0 Å². The summed E-state index contributed by atoms with van der Waals surface area (Å²) < 4.78 is 0. The van der Waals surface area contributed by atoms with Crippen molar-refractivity contribution in [2.45, 2.75) is 6.42 Å². The van der Waals surface area contributed by atoms with Crippen LogP contribution in [0.15, 0.2) is 67.3 Å². The predicted octanol–water partition coefficient (Wildman–Crippen LogP) is 3.48. The van der Waals surface area contributed by atoms with Gasteiger partial charge in [-0.2, -0.15) is 0 Å². The lowest BCUT2D eigenvalue weighted by atomic mass is 9.96. The standard InChI is InChI=1S/C17H14O2/c1-2-8-13-9-6-7-12-15(13)17(19)16(18)14-10-4-3-5-11-14/h2-7,9-12H,1,8H2. The van der Waals surface area contributed by atoms with Gasteiger partial charge in [-0.3, -0.25) is 9.59 Å². The van der Waals surface area contributed by atoms with E-state index in [1.807, 2.05) is 18.2 Å². The fourth-order valence-electron chi connectivity index (χ4n) is 1.92. The lowest BCUT2D eigenvalue weighted by Gasteiger charge is -2.06. The van der Waals surface area contributed by atoms with Gasteiger partial charge in [0.15, 0.2) is 0 Å². The van der Waals surface area contributed by atoms with Crippen molar-refractivity contribution in [1.29, 1.82) is 0 Å². The van der Waals surface area contributed by atoms with E-state index in [-0.39, 0.29) is 0 Å². The average Bonchev–Trinajstić information content (AvgIpc) is 2.47. The highest BCUT2D eigenvalue weighted by molar-refractivity contribution is 6.49. The van der Waals surface area contributed by atoms with Crippen LogP contribution >= 0.6 is 0 Å². The summed E-state index contributed by atoms with van der Waals surface area (Å²) in [6, 6.07) is 15.7. The zero-order chi connectivity index (χ0) is 13.7. The maximum Gasteiger partial charge on any atom is 0.233 e. The van der Waals surface area contributed by atoms with Crippen LogP contribution in [0.4, 0.5) is 0 Å². The summed E-state index contributed by atoms with van der Waals surface area (Å²) in [7, 11) is 0. The number of carbonyl (C=O) groups excluding carboxylic acids is 2. The molecule has 2 nitrogen and oxygen atoms in total.